The first-order chi connectivity index (χ1) is 14.3. The molecule has 5 nitrogen and oxygen atoms in total. The molecule has 146 valence electrons. The molecule has 0 radical (unpaired) electrons. The van der Waals surface area contributed by atoms with E-state index in [4.69, 9.17) is 15.0 Å². The van der Waals surface area contributed by atoms with Crippen LogP contribution in [0, 0.1) is 0 Å². The Labute approximate surface area is 174 Å². The second-order valence-electron chi connectivity index (χ2n) is 7.33. The summed E-state index contributed by atoms with van der Waals surface area (Å²) in [5.74, 6) is 1.81. The lowest BCUT2D eigenvalue weighted by Gasteiger charge is -2.20. The molecule has 1 N–H and O–H groups in total. The molecule has 1 fully saturated rings. The van der Waals surface area contributed by atoms with Gasteiger partial charge in [-0.25, -0.2) is 15.0 Å². The van der Waals surface area contributed by atoms with E-state index >= 15 is 0 Å². The van der Waals surface area contributed by atoms with Gasteiger partial charge in [0.25, 0.3) is 0 Å². The molecule has 5 rings (SSSR count). The molecule has 0 unspecified atom stereocenters. The van der Waals surface area contributed by atoms with Crippen molar-refractivity contribution in [2.75, 3.05) is 23.3 Å². The maximum Gasteiger partial charge on any atom is 0.172 e. The molecule has 6 heteroatoms. The molecule has 0 atom stereocenters. The van der Waals surface area contributed by atoms with Crippen LogP contribution in [0.15, 0.2) is 60.0 Å². The lowest BCUT2D eigenvalue weighted by molar-refractivity contribution is 0.929. The first-order valence-corrected chi connectivity index (χ1v) is 11.0. The Morgan fingerprint density at radius 2 is 1.59 bits per heavy atom. The third-order valence-electron chi connectivity index (χ3n) is 5.19. The van der Waals surface area contributed by atoms with Crippen molar-refractivity contribution in [1.82, 2.24) is 15.0 Å². The van der Waals surface area contributed by atoms with Gasteiger partial charge in [0, 0.05) is 24.9 Å². The smallest absolute Gasteiger partial charge is 0.172 e. The first-order valence-electron chi connectivity index (χ1n) is 10.1. The molecule has 3 heterocycles. The Morgan fingerprint density at radius 3 is 2.38 bits per heavy atom. The fraction of sp³-hybridized carbons (Fsp3) is 0.261. The lowest BCUT2D eigenvalue weighted by atomic mass is 10.2. The van der Waals surface area contributed by atoms with Gasteiger partial charge in [-0.3, -0.25) is 0 Å². The number of aromatic nitrogens is 3. The molecule has 29 heavy (non-hydrogen) atoms. The zero-order valence-corrected chi connectivity index (χ0v) is 17.0. The number of benzene rings is 2. The minimum Gasteiger partial charge on any atom is -0.361 e. The lowest BCUT2D eigenvalue weighted by Crippen LogP contribution is -2.21. The van der Waals surface area contributed by atoms with E-state index in [1.807, 2.05) is 30.3 Å². The van der Waals surface area contributed by atoms with E-state index in [0.717, 1.165) is 52.9 Å². The largest absolute Gasteiger partial charge is 0.361 e. The average Bonchev–Trinajstić information content (AvgIpc) is 3.45. The highest BCUT2D eigenvalue weighted by atomic mass is 32.1. The van der Waals surface area contributed by atoms with Crippen molar-refractivity contribution >= 4 is 34.0 Å². The first kappa shape index (κ1) is 18.1. The van der Waals surface area contributed by atoms with Crippen molar-refractivity contribution in [3.8, 4) is 0 Å². The predicted octanol–water partition coefficient (Wildman–Crippen LogP) is 4.89. The summed E-state index contributed by atoms with van der Waals surface area (Å²) >= 11 is 1.71. The molecular formula is C23H23N5S. The van der Waals surface area contributed by atoms with Gasteiger partial charge in [-0.05, 0) is 30.5 Å². The number of para-hydroxylation sites is 2. The molecule has 1 aliphatic heterocycles. The molecule has 1 aliphatic rings. The second kappa shape index (κ2) is 8.17. The van der Waals surface area contributed by atoms with E-state index in [1.54, 1.807) is 11.3 Å². The Bertz CT molecular complexity index is 1100. The van der Waals surface area contributed by atoms with E-state index in [0.29, 0.717) is 6.54 Å². The van der Waals surface area contributed by atoms with Crippen LogP contribution in [0.1, 0.15) is 29.1 Å². The van der Waals surface area contributed by atoms with Crippen molar-refractivity contribution < 1.29 is 0 Å². The number of hydrogen-bond acceptors (Lipinski definition) is 6. The maximum atomic E-state index is 4.91. The van der Waals surface area contributed by atoms with Gasteiger partial charge in [0.1, 0.15) is 0 Å². The van der Waals surface area contributed by atoms with Gasteiger partial charge in [-0.1, -0.05) is 42.5 Å². The van der Waals surface area contributed by atoms with Gasteiger partial charge < -0.3 is 10.2 Å². The van der Waals surface area contributed by atoms with E-state index in [1.165, 1.54) is 18.4 Å². The van der Waals surface area contributed by atoms with Crippen LogP contribution < -0.4 is 10.2 Å². The molecule has 0 saturated carbocycles. The number of nitrogens with one attached hydrogen (secondary N) is 1. The summed E-state index contributed by atoms with van der Waals surface area (Å²) in [6.07, 6.45) is 3.30. The Balaban J connectivity index is 1.35. The van der Waals surface area contributed by atoms with Crippen molar-refractivity contribution in [2.45, 2.75) is 25.8 Å². The molecular weight excluding hydrogens is 378 g/mol. The van der Waals surface area contributed by atoms with Crippen LogP contribution in [0.2, 0.25) is 0 Å². The fourth-order valence-corrected chi connectivity index (χ4v) is 4.54. The summed E-state index contributed by atoms with van der Waals surface area (Å²) in [4.78, 5) is 16.9. The van der Waals surface area contributed by atoms with Gasteiger partial charge in [0.05, 0.1) is 28.3 Å². The molecule has 1 saturated heterocycles. The minimum atomic E-state index is 0.652. The monoisotopic (exact) mass is 401 g/mol. The Kier molecular flexibility index (Phi) is 5.09. The summed E-state index contributed by atoms with van der Waals surface area (Å²) in [7, 11) is 0. The van der Waals surface area contributed by atoms with Gasteiger partial charge in [-0.15, -0.1) is 11.3 Å². The zero-order valence-electron chi connectivity index (χ0n) is 16.2. The van der Waals surface area contributed by atoms with E-state index in [9.17, 15) is 0 Å². The quantitative estimate of drug-likeness (QED) is 0.499. The van der Waals surface area contributed by atoms with Crippen molar-refractivity contribution in [3.63, 3.8) is 0 Å². The summed E-state index contributed by atoms with van der Waals surface area (Å²) in [5, 5.41) is 6.78. The summed E-state index contributed by atoms with van der Waals surface area (Å²) in [6, 6.07) is 18.5. The molecule has 0 bridgehead atoms. The number of rotatable bonds is 6. The zero-order chi connectivity index (χ0) is 19.5. The predicted molar refractivity (Wildman–Crippen MR) is 120 cm³/mol. The molecule has 0 spiro atoms. The highest BCUT2D eigenvalue weighted by Crippen LogP contribution is 2.28. The van der Waals surface area contributed by atoms with Gasteiger partial charge in [0.2, 0.25) is 0 Å². The van der Waals surface area contributed by atoms with Crippen LogP contribution in [0.3, 0.4) is 0 Å². The van der Waals surface area contributed by atoms with Crippen LogP contribution in [-0.4, -0.2) is 28.0 Å². The highest BCUT2D eigenvalue weighted by Gasteiger charge is 2.19. The summed E-state index contributed by atoms with van der Waals surface area (Å²) in [6.45, 7) is 2.73. The van der Waals surface area contributed by atoms with Crippen LogP contribution in [0.5, 0.6) is 0 Å². The number of nitrogens with zero attached hydrogens (tertiary/aromatic N) is 4. The molecule has 4 aromatic rings. The third kappa shape index (κ3) is 4.07. The Morgan fingerprint density at radius 1 is 0.862 bits per heavy atom. The van der Waals surface area contributed by atoms with E-state index in [-0.39, 0.29) is 0 Å². The van der Waals surface area contributed by atoms with E-state index in [2.05, 4.69) is 39.9 Å². The summed E-state index contributed by atoms with van der Waals surface area (Å²) < 4.78 is 0. The molecule has 0 amide bonds. The maximum absolute atomic E-state index is 4.91. The molecule has 2 aromatic heterocycles. The normalized spacial score (nSPS) is 13.9. The standard InChI is InChI=1S/C23H23N5S/c1-2-8-17(9-3-1)14-21-25-18(16-29-21)15-24-22-23(28-12-6-7-13-28)27-20-11-5-4-10-19(20)26-22/h1-5,8-11,16H,6-7,12-15H2,(H,24,26). The molecule has 2 aromatic carbocycles. The van der Waals surface area contributed by atoms with Crippen molar-refractivity contribution in [1.29, 1.82) is 0 Å². The van der Waals surface area contributed by atoms with E-state index < -0.39 is 0 Å². The van der Waals surface area contributed by atoms with Crippen molar-refractivity contribution in [2.24, 2.45) is 0 Å². The second-order valence-corrected chi connectivity index (χ2v) is 8.27. The summed E-state index contributed by atoms with van der Waals surface area (Å²) in [5.41, 5.74) is 4.20. The number of anilines is 2. The molecule has 0 aliphatic carbocycles. The topological polar surface area (TPSA) is 53.9 Å². The van der Waals surface area contributed by atoms with Gasteiger partial charge >= 0.3 is 0 Å². The van der Waals surface area contributed by atoms with Gasteiger partial charge in [-0.2, -0.15) is 0 Å². The number of hydrogen-bond donors (Lipinski definition) is 1. The average molecular weight is 402 g/mol. The van der Waals surface area contributed by atoms with Crippen LogP contribution >= 0.6 is 11.3 Å². The SMILES string of the molecule is c1ccc(Cc2nc(CNc3nc4ccccc4nc3N3CCCC3)cs2)cc1. The van der Waals surface area contributed by atoms with Crippen LogP contribution in [0.4, 0.5) is 11.6 Å². The Hall–Kier alpha value is -2.99. The third-order valence-corrected chi connectivity index (χ3v) is 6.09. The van der Waals surface area contributed by atoms with Gasteiger partial charge in [0.15, 0.2) is 11.6 Å². The van der Waals surface area contributed by atoms with Crippen LogP contribution in [0.25, 0.3) is 11.0 Å². The highest BCUT2D eigenvalue weighted by molar-refractivity contribution is 7.09. The number of fused-ring (bicyclic) bond motifs is 1. The van der Waals surface area contributed by atoms with Crippen LogP contribution in [-0.2, 0) is 13.0 Å². The van der Waals surface area contributed by atoms with Crippen molar-refractivity contribution in [3.05, 3.63) is 76.2 Å². The fourth-order valence-electron chi connectivity index (χ4n) is 3.71. The minimum absolute atomic E-state index is 0.652. The number of thiazole rings is 1.